The van der Waals surface area contributed by atoms with Crippen LogP contribution < -0.4 is 4.80 Å². The maximum Gasteiger partial charge on any atom is 0.279 e. The van der Waals surface area contributed by atoms with Crippen molar-refractivity contribution in [1.29, 1.82) is 0 Å². The molecule has 1 heterocycles. The van der Waals surface area contributed by atoms with Crippen molar-refractivity contribution >= 4 is 39.1 Å². The number of carbonyl (C=O) groups is 1. The molecular formula is C20H21ClN2OS. The van der Waals surface area contributed by atoms with E-state index >= 15 is 0 Å². The van der Waals surface area contributed by atoms with E-state index in [9.17, 15) is 4.79 Å². The first-order valence-corrected chi connectivity index (χ1v) is 9.67. The first kappa shape index (κ1) is 17.9. The van der Waals surface area contributed by atoms with Crippen molar-refractivity contribution in [1.82, 2.24) is 4.57 Å². The molecule has 0 fully saturated rings. The molecule has 25 heavy (non-hydrogen) atoms. The maximum atomic E-state index is 12.5. The van der Waals surface area contributed by atoms with Crippen LogP contribution in [0.5, 0.6) is 0 Å². The second-order valence-electron chi connectivity index (χ2n) is 6.35. The van der Waals surface area contributed by atoms with Crippen LogP contribution in [0, 0.1) is 0 Å². The summed E-state index contributed by atoms with van der Waals surface area (Å²) in [5.41, 5.74) is 2.94. The van der Waals surface area contributed by atoms with Crippen LogP contribution in [0.3, 0.4) is 0 Å². The van der Waals surface area contributed by atoms with Gasteiger partial charge in [0.2, 0.25) is 0 Å². The van der Waals surface area contributed by atoms with Crippen LogP contribution in [-0.2, 0) is 6.54 Å². The molecule has 0 aliphatic carbocycles. The Kier molecular flexibility index (Phi) is 5.40. The molecule has 0 saturated heterocycles. The fourth-order valence-corrected chi connectivity index (χ4v) is 4.04. The number of rotatable bonds is 4. The van der Waals surface area contributed by atoms with E-state index in [2.05, 4.69) is 48.5 Å². The van der Waals surface area contributed by atoms with Crippen LogP contribution in [0.25, 0.3) is 10.2 Å². The van der Waals surface area contributed by atoms with Gasteiger partial charge in [-0.3, -0.25) is 4.79 Å². The third-order valence-electron chi connectivity index (χ3n) is 4.09. The zero-order valence-electron chi connectivity index (χ0n) is 14.6. The lowest BCUT2D eigenvalue weighted by molar-refractivity contribution is 0.0998. The van der Waals surface area contributed by atoms with Gasteiger partial charge in [0, 0.05) is 17.1 Å². The van der Waals surface area contributed by atoms with Gasteiger partial charge in [-0.1, -0.05) is 55.8 Å². The molecule has 0 atom stereocenters. The van der Waals surface area contributed by atoms with Crippen molar-refractivity contribution < 1.29 is 4.79 Å². The molecule has 1 amide bonds. The Bertz CT molecular complexity index is 985. The molecule has 3 rings (SSSR count). The average molecular weight is 373 g/mol. The summed E-state index contributed by atoms with van der Waals surface area (Å²) in [5, 5.41) is 0.542. The summed E-state index contributed by atoms with van der Waals surface area (Å²) in [6.07, 6.45) is 0.982. The lowest BCUT2D eigenvalue weighted by Gasteiger charge is -2.06. The van der Waals surface area contributed by atoms with Crippen LogP contribution in [0.2, 0.25) is 5.02 Å². The van der Waals surface area contributed by atoms with Gasteiger partial charge in [-0.15, -0.1) is 0 Å². The number of amides is 1. The Morgan fingerprint density at radius 3 is 2.72 bits per heavy atom. The minimum absolute atomic E-state index is 0.261. The number of aromatic nitrogens is 1. The van der Waals surface area contributed by atoms with Gasteiger partial charge >= 0.3 is 0 Å². The minimum Gasteiger partial charge on any atom is -0.316 e. The summed E-state index contributed by atoms with van der Waals surface area (Å²) in [6.45, 7) is 7.33. The first-order chi connectivity index (χ1) is 12.0. The van der Waals surface area contributed by atoms with Gasteiger partial charge in [0.05, 0.1) is 10.2 Å². The molecule has 1 aromatic heterocycles. The first-order valence-electron chi connectivity index (χ1n) is 8.47. The SMILES string of the molecule is CCCn1c(=NC(=O)c2cccc(Cl)c2)sc2cc(C(C)C)ccc21. The quantitative estimate of drug-likeness (QED) is 0.584. The van der Waals surface area contributed by atoms with Gasteiger partial charge in [-0.05, 0) is 48.2 Å². The zero-order valence-corrected chi connectivity index (χ0v) is 16.2. The molecule has 2 aromatic carbocycles. The number of halogens is 1. The van der Waals surface area contributed by atoms with Crippen LogP contribution in [0.1, 0.15) is 49.0 Å². The fraction of sp³-hybridized carbons (Fsp3) is 0.300. The number of aryl methyl sites for hydroxylation is 1. The zero-order chi connectivity index (χ0) is 18.0. The molecule has 0 unspecified atom stereocenters. The summed E-state index contributed by atoms with van der Waals surface area (Å²) in [5.74, 6) is 0.211. The predicted molar refractivity (Wildman–Crippen MR) is 106 cm³/mol. The Balaban J connectivity index is 2.13. The van der Waals surface area contributed by atoms with Gasteiger partial charge in [0.25, 0.3) is 5.91 Å². The highest BCUT2D eigenvalue weighted by molar-refractivity contribution is 7.16. The highest BCUT2D eigenvalue weighted by atomic mass is 35.5. The lowest BCUT2D eigenvalue weighted by Crippen LogP contribution is -2.16. The van der Waals surface area contributed by atoms with Crippen LogP contribution >= 0.6 is 22.9 Å². The fourth-order valence-electron chi connectivity index (χ4n) is 2.75. The molecule has 3 nitrogen and oxygen atoms in total. The topological polar surface area (TPSA) is 34.4 Å². The van der Waals surface area contributed by atoms with Crippen LogP contribution in [0.4, 0.5) is 0 Å². The van der Waals surface area contributed by atoms with E-state index in [1.807, 2.05) is 0 Å². The lowest BCUT2D eigenvalue weighted by atomic mass is 10.0. The number of hydrogen-bond donors (Lipinski definition) is 0. The van der Waals surface area contributed by atoms with Crippen molar-refractivity contribution in [3.63, 3.8) is 0 Å². The minimum atomic E-state index is -0.261. The number of nitrogens with zero attached hydrogens (tertiary/aromatic N) is 2. The number of benzene rings is 2. The molecule has 0 bridgehead atoms. The molecule has 0 spiro atoms. The van der Waals surface area contributed by atoms with E-state index in [0.717, 1.165) is 28.0 Å². The van der Waals surface area contributed by atoms with Crippen LogP contribution in [-0.4, -0.2) is 10.5 Å². The molecule has 0 aliphatic rings. The van der Waals surface area contributed by atoms with Crippen molar-refractivity contribution in [2.24, 2.45) is 4.99 Å². The van der Waals surface area contributed by atoms with E-state index in [-0.39, 0.29) is 5.91 Å². The molecular weight excluding hydrogens is 352 g/mol. The van der Waals surface area contributed by atoms with Gasteiger partial charge in [0.1, 0.15) is 0 Å². The monoisotopic (exact) mass is 372 g/mol. The normalized spacial score (nSPS) is 12.3. The predicted octanol–water partition coefficient (Wildman–Crippen LogP) is 5.63. The number of thiazole rings is 1. The molecule has 130 valence electrons. The summed E-state index contributed by atoms with van der Waals surface area (Å²) in [7, 11) is 0. The van der Waals surface area contributed by atoms with Crippen molar-refractivity contribution in [2.75, 3.05) is 0 Å². The van der Waals surface area contributed by atoms with E-state index in [0.29, 0.717) is 16.5 Å². The van der Waals surface area contributed by atoms with E-state index in [4.69, 9.17) is 11.6 Å². The molecule has 3 aromatic rings. The molecule has 0 N–H and O–H groups in total. The number of fused-ring (bicyclic) bond motifs is 1. The highest BCUT2D eigenvalue weighted by Crippen LogP contribution is 2.24. The molecule has 0 aliphatic heterocycles. The standard InChI is InChI=1S/C20H21ClN2OS/c1-4-10-23-17-9-8-14(13(2)3)12-18(17)25-20(23)22-19(24)15-6-5-7-16(21)11-15/h5-9,11-13H,4,10H2,1-3H3. The van der Waals surface area contributed by atoms with Crippen LogP contribution in [0.15, 0.2) is 47.5 Å². The van der Waals surface area contributed by atoms with Gasteiger partial charge in [-0.25, -0.2) is 0 Å². The molecule has 0 radical (unpaired) electrons. The third-order valence-corrected chi connectivity index (χ3v) is 5.37. The van der Waals surface area contributed by atoms with Crippen molar-refractivity contribution in [2.45, 2.75) is 39.7 Å². The van der Waals surface area contributed by atoms with Gasteiger partial charge in [0.15, 0.2) is 4.80 Å². The Morgan fingerprint density at radius 1 is 1.24 bits per heavy atom. The van der Waals surface area contributed by atoms with Crippen molar-refractivity contribution in [3.05, 3.63) is 63.4 Å². The van der Waals surface area contributed by atoms with Crippen molar-refractivity contribution in [3.8, 4) is 0 Å². The molecule has 5 heteroatoms. The summed E-state index contributed by atoms with van der Waals surface area (Å²) < 4.78 is 3.30. The average Bonchev–Trinajstić information content (AvgIpc) is 2.92. The highest BCUT2D eigenvalue weighted by Gasteiger charge is 2.10. The third kappa shape index (κ3) is 3.86. The number of carbonyl (C=O) groups excluding carboxylic acids is 1. The largest absolute Gasteiger partial charge is 0.316 e. The Labute approximate surface area is 156 Å². The Morgan fingerprint density at radius 2 is 2.04 bits per heavy atom. The number of hydrogen-bond acceptors (Lipinski definition) is 2. The second kappa shape index (κ2) is 7.54. The second-order valence-corrected chi connectivity index (χ2v) is 7.79. The summed E-state index contributed by atoms with van der Waals surface area (Å²) >= 11 is 7.55. The van der Waals surface area contributed by atoms with Gasteiger partial charge in [-0.2, -0.15) is 4.99 Å². The van der Waals surface area contributed by atoms with Gasteiger partial charge < -0.3 is 4.57 Å². The summed E-state index contributed by atoms with van der Waals surface area (Å²) in [6, 6.07) is 13.4. The van der Waals surface area contributed by atoms with E-state index < -0.39 is 0 Å². The molecule has 0 saturated carbocycles. The smallest absolute Gasteiger partial charge is 0.279 e. The maximum absolute atomic E-state index is 12.5. The van der Waals surface area contributed by atoms with E-state index in [1.165, 1.54) is 5.56 Å². The van der Waals surface area contributed by atoms with E-state index in [1.54, 1.807) is 35.6 Å². The Hall–Kier alpha value is -1.91. The summed E-state index contributed by atoms with van der Waals surface area (Å²) in [4.78, 5) is 17.7.